The number of hydrogen-bond donors (Lipinski definition) is 0. The molecule has 1 rings (SSSR count). The van der Waals surface area contributed by atoms with Gasteiger partial charge in [-0.25, -0.2) is 0 Å². The van der Waals surface area contributed by atoms with E-state index in [4.69, 9.17) is 4.74 Å². The summed E-state index contributed by atoms with van der Waals surface area (Å²) in [4.78, 5) is 11.0. The Hall–Kier alpha value is -1.31. The zero-order chi connectivity index (χ0) is 14.7. The monoisotopic (exact) mass is 264 g/mol. The lowest BCUT2D eigenvalue weighted by Crippen LogP contribution is -2.16. The second-order valence-corrected chi connectivity index (χ2v) is 4.48. The Balaban J connectivity index is 0.00000154. The standard InChI is InChI=1S/C15H22O2.C2H6/c1-4-6-14(7-5-2)17-15-9-8-12(3)10-13(15)11-16;1-2/h8-11,14H,4-7H2,1-3H3;1-2H3. The number of rotatable bonds is 7. The molecule has 0 fully saturated rings. The number of benzene rings is 1. The normalized spacial score (nSPS) is 9.79. The van der Waals surface area contributed by atoms with Gasteiger partial charge in [0.25, 0.3) is 0 Å². The molecule has 1 aromatic carbocycles. The van der Waals surface area contributed by atoms with Gasteiger partial charge in [-0.1, -0.05) is 52.2 Å². The molecule has 2 heteroatoms. The van der Waals surface area contributed by atoms with Gasteiger partial charge in [-0.3, -0.25) is 4.79 Å². The molecule has 0 spiro atoms. The number of carbonyl (C=O) groups is 1. The van der Waals surface area contributed by atoms with Gasteiger partial charge in [0.15, 0.2) is 6.29 Å². The maximum atomic E-state index is 11.0. The van der Waals surface area contributed by atoms with Gasteiger partial charge in [0.2, 0.25) is 0 Å². The maximum absolute atomic E-state index is 11.0. The van der Waals surface area contributed by atoms with Crippen molar-refractivity contribution in [1.82, 2.24) is 0 Å². The average Bonchev–Trinajstić information content (AvgIpc) is 2.43. The lowest BCUT2D eigenvalue weighted by atomic mass is 10.1. The minimum atomic E-state index is 0.228. The van der Waals surface area contributed by atoms with E-state index in [9.17, 15) is 4.79 Å². The van der Waals surface area contributed by atoms with E-state index >= 15 is 0 Å². The molecular formula is C17H28O2. The molecule has 0 unspecified atom stereocenters. The molecule has 19 heavy (non-hydrogen) atoms. The van der Waals surface area contributed by atoms with Crippen LogP contribution in [-0.2, 0) is 0 Å². The van der Waals surface area contributed by atoms with Crippen molar-refractivity contribution in [1.29, 1.82) is 0 Å². The van der Waals surface area contributed by atoms with E-state index in [2.05, 4.69) is 13.8 Å². The van der Waals surface area contributed by atoms with Crippen molar-refractivity contribution < 1.29 is 9.53 Å². The number of hydrogen-bond acceptors (Lipinski definition) is 2. The Morgan fingerprint density at radius 1 is 1.16 bits per heavy atom. The summed E-state index contributed by atoms with van der Waals surface area (Å²) in [5.41, 5.74) is 1.74. The molecule has 108 valence electrons. The Bertz CT molecular complexity index is 352. The van der Waals surface area contributed by atoms with Crippen LogP contribution in [0.1, 0.15) is 69.3 Å². The minimum Gasteiger partial charge on any atom is -0.490 e. The number of aldehydes is 1. The van der Waals surface area contributed by atoms with Crippen LogP contribution in [0.4, 0.5) is 0 Å². The van der Waals surface area contributed by atoms with Gasteiger partial charge in [-0.15, -0.1) is 0 Å². The lowest BCUT2D eigenvalue weighted by molar-refractivity contribution is 0.111. The van der Waals surface area contributed by atoms with Crippen molar-refractivity contribution in [3.8, 4) is 5.75 Å². The number of ether oxygens (including phenoxy) is 1. The molecule has 0 amide bonds. The van der Waals surface area contributed by atoms with Crippen molar-refractivity contribution in [2.45, 2.75) is 66.4 Å². The topological polar surface area (TPSA) is 26.3 Å². The number of aryl methyl sites for hydroxylation is 1. The summed E-state index contributed by atoms with van der Waals surface area (Å²) in [5.74, 6) is 0.720. The van der Waals surface area contributed by atoms with Crippen LogP contribution >= 0.6 is 0 Å². The molecule has 0 atom stereocenters. The molecule has 0 aliphatic rings. The Morgan fingerprint density at radius 2 is 1.74 bits per heavy atom. The predicted octanol–water partition coefficient (Wildman–Crippen LogP) is 5.18. The maximum Gasteiger partial charge on any atom is 0.153 e. The molecule has 0 aliphatic heterocycles. The highest BCUT2D eigenvalue weighted by molar-refractivity contribution is 5.79. The first kappa shape index (κ1) is 17.7. The highest BCUT2D eigenvalue weighted by Gasteiger charge is 2.11. The summed E-state index contributed by atoms with van der Waals surface area (Å²) < 4.78 is 5.94. The van der Waals surface area contributed by atoms with Crippen LogP contribution in [0, 0.1) is 6.92 Å². The summed E-state index contributed by atoms with van der Waals surface area (Å²) in [6.07, 6.45) is 5.39. The fourth-order valence-corrected chi connectivity index (χ4v) is 1.95. The van der Waals surface area contributed by atoms with Gasteiger partial charge in [0.05, 0.1) is 11.7 Å². The SMILES string of the molecule is CC.CCCC(CCC)Oc1ccc(C)cc1C=O. The molecule has 0 saturated heterocycles. The predicted molar refractivity (Wildman–Crippen MR) is 82.1 cm³/mol. The van der Waals surface area contributed by atoms with E-state index in [-0.39, 0.29) is 6.10 Å². The molecule has 0 radical (unpaired) electrons. The van der Waals surface area contributed by atoms with Crippen molar-refractivity contribution in [2.24, 2.45) is 0 Å². The van der Waals surface area contributed by atoms with Crippen LogP contribution in [0.3, 0.4) is 0 Å². The van der Waals surface area contributed by atoms with E-state index in [0.29, 0.717) is 5.56 Å². The lowest BCUT2D eigenvalue weighted by Gasteiger charge is -2.19. The third-order valence-electron chi connectivity index (χ3n) is 2.81. The van der Waals surface area contributed by atoms with Crippen molar-refractivity contribution >= 4 is 6.29 Å². The zero-order valence-electron chi connectivity index (χ0n) is 13.0. The van der Waals surface area contributed by atoms with E-state index in [1.165, 1.54) is 0 Å². The fraction of sp³-hybridized carbons (Fsp3) is 0.588. The van der Waals surface area contributed by atoms with Crippen molar-refractivity contribution in [3.63, 3.8) is 0 Å². The molecule has 0 heterocycles. The van der Waals surface area contributed by atoms with Crippen LogP contribution < -0.4 is 4.74 Å². The molecule has 0 bridgehead atoms. The molecule has 2 nitrogen and oxygen atoms in total. The second-order valence-electron chi connectivity index (χ2n) is 4.48. The van der Waals surface area contributed by atoms with E-state index in [1.54, 1.807) is 0 Å². The summed E-state index contributed by atoms with van der Waals surface area (Å²) in [6, 6.07) is 5.76. The third kappa shape index (κ3) is 6.42. The molecule has 1 aromatic rings. The molecule has 0 aliphatic carbocycles. The molecule has 0 saturated carbocycles. The molecule has 0 aromatic heterocycles. The summed E-state index contributed by atoms with van der Waals surface area (Å²) in [6.45, 7) is 10.3. The first-order valence-electron chi connectivity index (χ1n) is 7.43. The van der Waals surface area contributed by atoms with Gasteiger partial charge >= 0.3 is 0 Å². The van der Waals surface area contributed by atoms with E-state index in [1.807, 2.05) is 39.0 Å². The molecule has 0 N–H and O–H groups in total. The zero-order valence-corrected chi connectivity index (χ0v) is 13.0. The molecular weight excluding hydrogens is 236 g/mol. The van der Waals surface area contributed by atoms with Crippen LogP contribution in [0.2, 0.25) is 0 Å². The van der Waals surface area contributed by atoms with E-state index < -0.39 is 0 Å². The Kier molecular flexibility index (Phi) is 9.87. The largest absolute Gasteiger partial charge is 0.490 e. The Labute approximate surface area is 118 Å². The number of carbonyl (C=O) groups excluding carboxylic acids is 1. The first-order valence-corrected chi connectivity index (χ1v) is 7.43. The minimum absolute atomic E-state index is 0.228. The Morgan fingerprint density at radius 3 is 2.21 bits per heavy atom. The van der Waals surface area contributed by atoms with Gasteiger partial charge in [0, 0.05) is 0 Å². The van der Waals surface area contributed by atoms with Crippen LogP contribution in [-0.4, -0.2) is 12.4 Å². The van der Waals surface area contributed by atoms with Gasteiger partial charge < -0.3 is 4.74 Å². The van der Waals surface area contributed by atoms with Crippen molar-refractivity contribution in [3.05, 3.63) is 29.3 Å². The highest BCUT2D eigenvalue weighted by atomic mass is 16.5. The van der Waals surface area contributed by atoms with Gasteiger partial charge in [-0.2, -0.15) is 0 Å². The average molecular weight is 264 g/mol. The summed E-state index contributed by atoms with van der Waals surface area (Å²) in [7, 11) is 0. The third-order valence-corrected chi connectivity index (χ3v) is 2.81. The van der Waals surface area contributed by atoms with Crippen LogP contribution in [0.15, 0.2) is 18.2 Å². The van der Waals surface area contributed by atoms with Crippen LogP contribution in [0.25, 0.3) is 0 Å². The fourth-order valence-electron chi connectivity index (χ4n) is 1.95. The van der Waals surface area contributed by atoms with E-state index in [0.717, 1.165) is 43.3 Å². The smallest absolute Gasteiger partial charge is 0.153 e. The summed E-state index contributed by atoms with van der Waals surface area (Å²) >= 11 is 0. The first-order chi connectivity index (χ1) is 9.21. The van der Waals surface area contributed by atoms with Gasteiger partial charge in [-0.05, 0) is 31.9 Å². The quantitative estimate of drug-likeness (QED) is 0.634. The second kappa shape index (κ2) is 10.6. The van der Waals surface area contributed by atoms with Crippen LogP contribution in [0.5, 0.6) is 5.75 Å². The highest BCUT2D eigenvalue weighted by Crippen LogP contribution is 2.22. The van der Waals surface area contributed by atoms with Gasteiger partial charge in [0.1, 0.15) is 5.75 Å². The van der Waals surface area contributed by atoms with Crippen molar-refractivity contribution in [2.75, 3.05) is 0 Å². The summed E-state index contributed by atoms with van der Waals surface area (Å²) in [5, 5.41) is 0.